The zero-order chi connectivity index (χ0) is 20.5. The van der Waals surface area contributed by atoms with Gasteiger partial charge in [-0.15, -0.1) is 0 Å². The van der Waals surface area contributed by atoms with Gasteiger partial charge < -0.3 is 15.6 Å². The number of ether oxygens (including phenoxy) is 1. The normalized spacial score (nSPS) is 12.0. The molecule has 7 heteroatoms. The first kappa shape index (κ1) is 18.4. The molecule has 0 radical (unpaired) electrons. The third-order valence-corrected chi connectivity index (χ3v) is 4.66. The van der Waals surface area contributed by atoms with Gasteiger partial charge >= 0.3 is 11.9 Å². The van der Waals surface area contributed by atoms with Crippen LogP contribution in [0.4, 0.5) is 5.69 Å². The molecule has 0 unspecified atom stereocenters. The fourth-order valence-corrected chi connectivity index (χ4v) is 3.21. The van der Waals surface area contributed by atoms with Crippen LogP contribution in [0.2, 0.25) is 0 Å². The fourth-order valence-electron chi connectivity index (χ4n) is 3.21. The van der Waals surface area contributed by atoms with Gasteiger partial charge in [0.2, 0.25) is 0 Å². The molecule has 7 nitrogen and oxygen atoms in total. The summed E-state index contributed by atoms with van der Waals surface area (Å²) in [5, 5.41) is 9.39. The van der Waals surface area contributed by atoms with Crippen molar-refractivity contribution in [3.63, 3.8) is 0 Å². The highest BCUT2D eigenvalue weighted by Gasteiger charge is 2.19. The zero-order valence-electron chi connectivity index (χ0n) is 15.5. The SMILES string of the molecule is C[C@@H](OC(=O)c1ccccc1N)c1cccc2nc3c(C(=O)O)cccc3nc12. The lowest BCUT2D eigenvalue weighted by Crippen LogP contribution is -2.12. The number of rotatable bonds is 4. The maximum atomic E-state index is 12.5. The number of hydrogen-bond donors (Lipinski definition) is 2. The average molecular weight is 387 g/mol. The van der Waals surface area contributed by atoms with Gasteiger partial charge in [0.1, 0.15) is 11.6 Å². The third-order valence-electron chi connectivity index (χ3n) is 4.66. The van der Waals surface area contributed by atoms with Crippen LogP contribution in [0, 0.1) is 0 Å². The molecule has 0 saturated heterocycles. The van der Waals surface area contributed by atoms with Crippen molar-refractivity contribution in [1.82, 2.24) is 9.97 Å². The molecule has 1 aromatic heterocycles. The largest absolute Gasteiger partial charge is 0.478 e. The van der Waals surface area contributed by atoms with E-state index in [9.17, 15) is 14.7 Å². The highest BCUT2D eigenvalue weighted by Crippen LogP contribution is 2.28. The van der Waals surface area contributed by atoms with Crippen LogP contribution in [0.1, 0.15) is 39.3 Å². The van der Waals surface area contributed by atoms with E-state index < -0.39 is 18.0 Å². The number of nitrogens with two attached hydrogens (primary N) is 1. The van der Waals surface area contributed by atoms with Gasteiger partial charge in [-0.05, 0) is 37.3 Å². The molecule has 4 rings (SSSR count). The van der Waals surface area contributed by atoms with Crippen molar-refractivity contribution in [2.75, 3.05) is 5.73 Å². The highest BCUT2D eigenvalue weighted by molar-refractivity contribution is 6.02. The summed E-state index contributed by atoms with van der Waals surface area (Å²) in [5.41, 5.74) is 9.07. The molecule has 0 aliphatic rings. The van der Waals surface area contributed by atoms with Gasteiger partial charge in [-0.3, -0.25) is 0 Å². The van der Waals surface area contributed by atoms with Crippen molar-refractivity contribution in [3.8, 4) is 0 Å². The van der Waals surface area contributed by atoms with E-state index >= 15 is 0 Å². The number of carbonyl (C=O) groups excluding carboxylic acids is 1. The number of carboxylic acid groups (broad SMARTS) is 1. The standard InChI is InChI=1S/C22H17N3O4/c1-12(29-22(28)14-6-2-3-9-16(14)23)13-7-4-10-17-19(13)24-18-11-5-8-15(21(26)27)20(18)25-17/h2-12H,23H2,1H3,(H,26,27)/t12-/m1/s1. The number of fused-ring (bicyclic) bond motifs is 2. The number of nitrogen functional groups attached to an aromatic ring is 1. The highest BCUT2D eigenvalue weighted by atomic mass is 16.5. The van der Waals surface area contributed by atoms with E-state index in [1.807, 2.05) is 0 Å². The van der Waals surface area contributed by atoms with E-state index in [0.717, 1.165) is 0 Å². The number of carbonyl (C=O) groups is 2. The minimum atomic E-state index is -1.07. The summed E-state index contributed by atoms with van der Waals surface area (Å²) in [4.78, 5) is 33.1. The molecular weight excluding hydrogens is 370 g/mol. The monoisotopic (exact) mass is 387 g/mol. The zero-order valence-corrected chi connectivity index (χ0v) is 15.5. The maximum Gasteiger partial charge on any atom is 0.340 e. The number of benzene rings is 3. The Bertz CT molecular complexity index is 1270. The van der Waals surface area contributed by atoms with E-state index in [2.05, 4.69) is 9.97 Å². The van der Waals surface area contributed by atoms with Crippen LogP contribution in [0.5, 0.6) is 0 Å². The smallest absolute Gasteiger partial charge is 0.340 e. The molecule has 1 heterocycles. The Hall–Kier alpha value is -4.00. The van der Waals surface area contributed by atoms with Crippen molar-refractivity contribution in [3.05, 3.63) is 77.4 Å². The summed E-state index contributed by atoms with van der Waals surface area (Å²) in [5.74, 6) is -1.60. The molecular formula is C22H17N3O4. The summed E-state index contributed by atoms with van der Waals surface area (Å²) < 4.78 is 5.60. The Labute approximate surface area is 165 Å². The number of aromatic carboxylic acids is 1. The molecule has 1 atom stereocenters. The lowest BCUT2D eigenvalue weighted by atomic mass is 10.1. The average Bonchev–Trinajstić information content (AvgIpc) is 2.71. The predicted octanol–water partition coefficient (Wildman–Crippen LogP) is 3.98. The topological polar surface area (TPSA) is 115 Å². The first-order valence-electron chi connectivity index (χ1n) is 8.94. The minimum absolute atomic E-state index is 0.0846. The fraction of sp³-hybridized carbons (Fsp3) is 0.0909. The molecule has 3 aromatic carbocycles. The summed E-state index contributed by atoms with van der Waals surface area (Å²) in [6, 6.07) is 16.8. The molecule has 0 aliphatic carbocycles. The van der Waals surface area contributed by atoms with Crippen LogP contribution in [-0.4, -0.2) is 27.0 Å². The number of esters is 1. The first-order chi connectivity index (χ1) is 14.0. The van der Waals surface area contributed by atoms with Crippen molar-refractivity contribution >= 4 is 39.7 Å². The van der Waals surface area contributed by atoms with Crippen LogP contribution in [0.15, 0.2) is 60.7 Å². The second kappa shape index (κ2) is 7.20. The molecule has 0 saturated carbocycles. The van der Waals surface area contributed by atoms with Crippen molar-refractivity contribution < 1.29 is 19.4 Å². The van der Waals surface area contributed by atoms with E-state index in [1.165, 1.54) is 6.07 Å². The van der Waals surface area contributed by atoms with Gasteiger partial charge in [0, 0.05) is 11.3 Å². The van der Waals surface area contributed by atoms with Crippen LogP contribution in [0.25, 0.3) is 22.1 Å². The van der Waals surface area contributed by atoms with Gasteiger partial charge in [-0.1, -0.05) is 30.3 Å². The second-order valence-electron chi connectivity index (χ2n) is 6.55. The van der Waals surface area contributed by atoms with Crippen molar-refractivity contribution in [1.29, 1.82) is 0 Å². The Balaban J connectivity index is 1.77. The molecule has 0 fully saturated rings. The second-order valence-corrected chi connectivity index (χ2v) is 6.55. The van der Waals surface area contributed by atoms with E-state index in [1.54, 1.807) is 61.5 Å². The summed E-state index contributed by atoms with van der Waals surface area (Å²) >= 11 is 0. The van der Waals surface area contributed by atoms with E-state index in [4.69, 9.17) is 10.5 Å². The predicted molar refractivity (Wildman–Crippen MR) is 109 cm³/mol. The van der Waals surface area contributed by atoms with Crippen LogP contribution >= 0.6 is 0 Å². The number of carboxylic acids is 1. The minimum Gasteiger partial charge on any atom is -0.478 e. The van der Waals surface area contributed by atoms with Gasteiger partial charge in [-0.2, -0.15) is 0 Å². The molecule has 0 amide bonds. The molecule has 3 N–H and O–H groups in total. The first-order valence-corrected chi connectivity index (χ1v) is 8.94. The van der Waals surface area contributed by atoms with Gasteiger partial charge in [-0.25, -0.2) is 19.6 Å². The summed E-state index contributed by atoms with van der Waals surface area (Å²) in [6.07, 6.45) is -0.611. The number of aromatic nitrogens is 2. The Morgan fingerprint density at radius 1 is 0.897 bits per heavy atom. The Morgan fingerprint density at radius 3 is 2.24 bits per heavy atom. The van der Waals surface area contributed by atoms with E-state index in [0.29, 0.717) is 38.9 Å². The molecule has 29 heavy (non-hydrogen) atoms. The lowest BCUT2D eigenvalue weighted by Gasteiger charge is -2.16. The molecule has 0 bridgehead atoms. The third kappa shape index (κ3) is 3.34. The lowest BCUT2D eigenvalue weighted by molar-refractivity contribution is 0.0341. The van der Waals surface area contributed by atoms with Gasteiger partial charge in [0.15, 0.2) is 0 Å². The van der Waals surface area contributed by atoms with Gasteiger partial charge in [0.25, 0.3) is 0 Å². The molecule has 4 aromatic rings. The maximum absolute atomic E-state index is 12.5. The van der Waals surface area contributed by atoms with Crippen LogP contribution in [-0.2, 0) is 4.74 Å². The molecule has 0 aliphatic heterocycles. The number of anilines is 1. The van der Waals surface area contributed by atoms with Crippen LogP contribution < -0.4 is 5.73 Å². The summed E-state index contributed by atoms with van der Waals surface area (Å²) in [6.45, 7) is 1.74. The number of para-hydroxylation sites is 3. The molecule has 0 spiro atoms. The Morgan fingerprint density at radius 2 is 1.52 bits per heavy atom. The van der Waals surface area contributed by atoms with E-state index in [-0.39, 0.29) is 5.56 Å². The van der Waals surface area contributed by atoms with Crippen molar-refractivity contribution in [2.45, 2.75) is 13.0 Å². The Kier molecular flexibility index (Phi) is 4.56. The number of hydrogen-bond acceptors (Lipinski definition) is 6. The number of nitrogens with zero attached hydrogens (tertiary/aromatic N) is 2. The quantitative estimate of drug-likeness (QED) is 0.309. The van der Waals surface area contributed by atoms with Gasteiger partial charge in [0.05, 0.1) is 27.7 Å². The summed E-state index contributed by atoms with van der Waals surface area (Å²) in [7, 11) is 0. The van der Waals surface area contributed by atoms with Crippen molar-refractivity contribution in [2.24, 2.45) is 0 Å². The van der Waals surface area contributed by atoms with Crippen LogP contribution in [0.3, 0.4) is 0 Å². The molecule has 144 valence electrons.